The molecule has 21 heavy (non-hydrogen) atoms. The fourth-order valence-corrected chi connectivity index (χ4v) is 2.03. The number of fused-ring (bicyclic) bond motifs is 1. The molecule has 0 amide bonds. The van der Waals surface area contributed by atoms with Crippen LogP contribution in [-0.4, -0.2) is 40.5 Å². The Morgan fingerprint density at radius 2 is 1.95 bits per heavy atom. The van der Waals surface area contributed by atoms with E-state index in [-0.39, 0.29) is 5.46 Å². The highest BCUT2D eigenvalue weighted by Gasteiger charge is 2.24. The maximum atomic E-state index is 12.2. The fourth-order valence-electron chi connectivity index (χ4n) is 2.03. The van der Waals surface area contributed by atoms with Gasteiger partial charge in [-0.15, -0.1) is 0 Å². The normalized spacial score (nSPS) is 11.5. The van der Waals surface area contributed by atoms with Gasteiger partial charge in [-0.05, 0) is 39.0 Å². The van der Waals surface area contributed by atoms with Gasteiger partial charge in [0.25, 0.3) is 0 Å². The van der Waals surface area contributed by atoms with Crippen molar-refractivity contribution in [3.63, 3.8) is 0 Å². The molecule has 0 aliphatic rings. The van der Waals surface area contributed by atoms with Crippen molar-refractivity contribution >= 4 is 29.6 Å². The molecule has 0 saturated carbocycles. The van der Waals surface area contributed by atoms with Crippen molar-refractivity contribution in [3.8, 4) is 5.75 Å². The van der Waals surface area contributed by atoms with Crippen LogP contribution in [0.15, 0.2) is 24.4 Å². The Morgan fingerprint density at radius 1 is 1.29 bits per heavy atom. The molecule has 0 atom stereocenters. The number of carbonyl (C=O) groups excluding carboxylic acids is 1. The molecular weight excluding hydrogens is 273 g/mol. The van der Waals surface area contributed by atoms with E-state index in [0.717, 1.165) is 0 Å². The Kier molecular flexibility index (Phi) is 3.98. The summed E-state index contributed by atoms with van der Waals surface area (Å²) in [6, 6.07) is 5.01. The van der Waals surface area contributed by atoms with E-state index in [1.165, 1.54) is 17.9 Å². The molecule has 2 aromatic rings. The second-order valence-corrected chi connectivity index (χ2v) is 5.69. The molecule has 0 aliphatic heterocycles. The fraction of sp³-hybridized carbons (Fsp3) is 0.357. The van der Waals surface area contributed by atoms with E-state index in [1.54, 1.807) is 39.0 Å². The van der Waals surface area contributed by atoms with Crippen LogP contribution in [-0.2, 0) is 4.74 Å². The monoisotopic (exact) mass is 291 g/mol. The lowest BCUT2D eigenvalue weighted by atomic mass is 9.80. The highest BCUT2D eigenvalue weighted by atomic mass is 16.6. The first-order chi connectivity index (χ1) is 9.73. The van der Waals surface area contributed by atoms with Gasteiger partial charge in [-0.3, -0.25) is 4.57 Å². The Labute approximate surface area is 123 Å². The van der Waals surface area contributed by atoms with Crippen LogP contribution in [0.25, 0.3) is 10.9 Å². The molecule has 2 N–H and O–H groups in total. The van der Waals surface area contributed by atoms with Crippen molar-refractivity contribution in [3.05, 3.63) is 24.4 Å². The minimum absolute atomic E-state index is 0.217. The van der Waals surface area contributed by atoms with Crippen LogP contribution in [0.4, 0.5) is 4.79 Å². The van der Waals surface area contributed by atoms with E-state index in [9.17, 15) is 14.8 Å². The van der Waals surface area contributed by atoms with Crippen molar-refractivity contribution < 1.29 is 24.3 Å². The van der Waals surface area contributed by atoms with Gasteiger partial charge in [0, 0.05) is 17.0 Å². The Bertz CT molecular complexity index is 672. The summed E-state index contributed by atoms with van der Waals surface area (Å²) >= 11 is 0. The van der Waals surface area contributed by atoms with Crippen LogP contribution >= 0.6 is 0 Å². The zero-order valence-corrected chi connectivity index (χ0v) is 12.5. The van der Waals surface area contributed by atoms with Gasteiger partial charge < -0.3 is 19.5 Å². The second-order valence-electron chi connectivity index (χ2n) is 5.69. The number of methoxy groups -OCH3 is 1. The summed E-state index contributed by atoms with van der Waals surface area (Å²) in [5, 5.41) is 19.4. The van der Waals surface area contributed by atoms with Crippen LogP contribution < -0.4 is 10.2 Å². The van der Waals surface area contributed by atoms with Gasteiger partial charge in [-0.1, -0.05) is 0 Å². The van der Waals surface area contributed by atoms with Crippen LogP contribution in [0, 0.1) is 0 Å². The third-order valence-electron chi connectivity index (χ3n) is 2.91. The predicted octanol–water partition coefficient (Wildman–Crippen LogP) is 1.11. The Hall–Kier alpha value is -1.99. The molecule has 1 aromatic heterocycles. The molecule has 6 nitrogen and oxygen atoms in total. The molecular formula is C14H18BNO5. The van der Waals surface area contributed by atoms with E-state index in [4.69, 9.17) is 9.47 Å². The second kappa shape index (κ2) is 5.42. The molecule has 0 radical (unpaired) electrons. The molecule has 0 saturated heterocycles. The predicted molar refractivity (Wildman–Crippen MR) is 79.9 cm³/mol. The van der Waals surface area contributed by atoms with Crippen molar-refractivity contribution in [1.82, 2.24) is 4.57 Å². The van der Waals surface area contributed by atoms with Crippen LogP contribution in [0.3, 0.4) is 0 Å². The van der Waals surface area contributed by atoms with Crippen LogP contribution in [0.5, 0.6) is 5.75 Å². The van der Waals surface area contributed by atoms with Crippen LogP contribution in [0.1, 0.15) is 20.8 Å². The summed E-state index contributed by atoms with van der Waals surface area (Å²) in [5.41, 5.74) is 0.0981. The SMILES string of the molecule is COc1ccc2c(c1)c(B(O)O)cn2C(=O)OC(C)(C)C. The first-order valence-corrected chi connectivity index (χ1v) is 6.51. The molecule has 1 heterocycles. The minimum Gasteiger partial charge on any atom is -0.497 e. The van der Waals surface area contributed by atoms with E-state index >= 15 is 0 Å². The van der Waals surface area contributed by atoms with Gasteiger partial charge >= 0.3 is 13.2 Å². The average Bonchev–Trinajstić information content (AvgIpc) is 2.75. The zero-order valence-electron chi connectivity index (χ0n) is 12.5. The Morgan fingerprint density at radius 3 is 2.48 bits per heavy atom. The zero-order chi connectivity index (χ0) is 15.8. The average molecular weight is 291 g/mol. The highest BCUT2D eigenvalue weighted by molar-refractivity contribution is 6.62. The summed E-state index contributed by atoms with van der Waals surface area (Å²) in [4.78, 5) is 12.2. The molecule has 2 rings (SSSR count). The number of benzene rings is 1. The molecule has 7 heteroatoms. The lowest BCUT2D eigenvalue weighted by Crippen LogP contribution is -2.30. The molecule has 112 valence electrons. The van der Waals surface area contributed by atoms with Gasteiger partial charge in [0.15, 0.2) is 0 Å². The number of hydrogen-bond donors (Lipinski definition) is 2. The topological polar surface area (TPSA) is 80.9 Å². The summed E-state index contributed by atoms with van der Waals surface area (Å²) in [7, 11) is -0.176. The van der Waals surface area contributed by atoms with Gasteiger partial charge in [0.05, 0.1) is 12.6 Å². The lowest BCUT2D eigenvalue weighted by molar-refractivity contribution is 0.0544. The first kappa shape index (κ1) is 15.4. The first-order valence-electron chi connectivity index (χ1n) is 6.51. The number of nitrogens with zero attached hydrogens (tertiary/aromatic N) is 1. The summed E-state index contributed by atoms with van der Waals surface area (Å²) < 4.78 is 11.7. The van der Waals surface area contributed by atoms with E-state index < -0.39 is 18.8 Å². The van der Waals surface area contributed by atoms with E-state index in [0.29, 0.717) is 16.7 Å². The van der Waals surface area contributed by atoms with Gasteiger partial charge in [0.1, 0.15) is 11.4 Å². The highest BCUT2D eigenvalue weighted by Crippen LogP contribution is 2.22. The third-order valence-corrected chi connectivity index (χ3v) is 2.91. The number of rotatable bonds is 2. The van der Waals surface area contributed by atoms with Gasteiger partial charge in [-0.25, -0.2) is 4.79 Å². The maximum absolute atomic E-state index is 12.2. The molecule has 0 unspecified atom stereocenters. The standard InChI is InChI=1S/C14H18BNO5/c1-14(2,3)21-13(17)16-8-11(15(18)19)10-7-9(20-4)5-6-12(10)16/h5-8,18-19H,1-4H3. The van der Waals surface area contributed by atoms with Crippen molar-refractivity contribution in [1.29, 1.82) is 0 Å². The van der Waals surface area contributed by atoms with Crippen molar-refractivity contribution in [2.75, 3.05) is 7.11 Å². The number of carbonyl (C=O) groups is 1. The third kappa shape index (κ3) is 3.20. The molecule has 1 aromatic carbocycles. The number of aromatic nitrogens is 1. The van der Waals surface area contributed by atoms with E-state index in [1.807, 2.05) is 0 Å². The largest absolute Gasteiger partial charge is 0.497 e. The number of hydrogen-bond acceptors (Lipinski definition) is 5. The maximum Gasteiger partial charge on any atom is 0.490 e. The molecule has 0 bridgehead atoms. The molecule has 0 aliphatic carbocycles. The lowest BCUT2D eigenvalue weighted by Gasteiger charge is -2.19. The summed E-state index contributed by atoms with van der Waals surface area (Å²) in [5.74, 6) is 0.561. The van der Waals surface area contributed by atoms with Gasteiger partial charge in [0.2, 0.25) is 0 Å². The summed E-state index contributed by atoms with van der Waals surface area (Å²) in [6.45, 7) is 5.30. The van der Waals surface area contributed by atoms with Crippen molar-refractivity contribution in [2.45, 2.75) is 26.4 Å². The number of ether oxygens (including phenoxy) is 2. The molecule has 0 fully saturated rings. The Balaban J connectivity index is 2.57. The summed E-state index contributed by atoms with van der Waals surface area (Å²) in [6.07, 6.45) is 0.785. The van der Waals surface area contributed by atoms with Crippen LogP contribution in [0.2, 0.25) is 0 Å². The van der Waals surface area contributed by atoms with E-state index in [2.05, 4.69) is 0 Å². The van der Waals surface area contributed by atoms with Crippen molar-refractivity contribution in [2.24, 2.45) is 0 Å². The molecule has 0 spiro atoms. The smallest absolute Gasteiger partial charge is 0.490 e. The van der Waals surface area contributed by atoms with Gasteiger partial charge in [-0.2, -0.15) is 0 Å². The quantitative estimate of drug-likeness (QED) is 0.810. The minimum atomic E-state index is -1.69.